The van der Waals surface area contributed by atoms with E-state index in [1.54, 1.807) is 12.1 Å². The first kappa shape index (κ1) is 19.4. The maximum Gasteiger partial charge on any atom is 0.227 e. The average Bonchev–Trinajstić information content (AvgIpc) is 2.96. The minimum atomic E-state index is -3.58. The van der Waals surface area contributed by atoms with E-state index in [1.165, 1.54) is 35.6 Å². The number of carbonyl (C=O) groups excluding carboxylic acids is 1. The Morgan fingerprint density at radius 3 is 2.46 bits per heavy atom. The van der Waals surface area contributed by atoms with Gasteiger partial charge in [-0.05, 0) is 36.4 Å². The summed E-state index contributed by atoms with van der Waals surface area (Å²) in [5.74, 6) is -0.776. The molecule has 0 atom stereocenters. The van der Waals surface area contributed by atoms with Crippen molar-refractivity contribution in [3.63, 3.8) is 0 Å². The molecule has 0 saturated carbocycles. The average molecular weight is 450 g/mol. The predicted octanol–water partition coefficient (Wildman–Crippen LogP) is 5.06. The standard InChI is InChI=1S/C16H11Cl3N2O3S2/c17-9-1-3-11(4-2-9)26(23,24)6-5-14(22)20-16-21-15-12(19)7-10(18)8-13(15)25-16/h1-4,7-8H,5-6H2,(H,20,21,22). The van der Waals surface area contributed by atoms with Crippen LogP contribution in [0.2, 0.25) is 15.1 Å². The highest BCUT2D eigenvalue weighted by atomic mass is 35.5. The molecule has 3 aromatic rings. The molecule has 1 aromatic heterocycles. The lowest BCUT2D eigenvalue weighted by Gasteiger charge is -2.04. The lowest BCUT2D eigenvalue weighted by atomic mass is 10.3. The number of aromatic nitrogens is 1. The molecule has 1 heterocycles. The van der Waals surface area contributed by atoms with Crippen LogP contribution in [0.4, 0.5) is 5.13 Å². The van der Waals surface area contributed by atoms with Crippen LogP contribution in [0.5, 0.6) is 0 Å². The molecule has 10 heteroatoms. The molecule has 0 saturated heterocycles. The molecule has 1 N–H and O–H groups in total. The van der Waals surface area contributed by atoms with Crippen molar-refractivity contribution in [1.82, 2.24) is 4.98 Å². The maximum absolute atomic E-state index is 12.3. The van der Waals surface area contributed by atoms with E-state index < -0.39 is 15.7 Å². The van der Waals surface area contributed by atoms with Gasteiger partial charge in [-0.3, -0.25) is 4.79 Å². The van der Waals surface area contributed by atoms with Crippen molar-refractivity contribution in [2.24, 2.45) is 0 Å². The summed E-state index contributed by atoms with van der Waals surface area (Å²) in [6, 6.07) is 9.06. The number of hydrogen-bond acceptors (Lipinski definition) is 5. The summed E-state index contributed by atoms with van der Waals surface area (Å²) in [5.41, 5.74) is 0.533. The normalized spacial score (nSPS) is 11.7. The summed E-state index contributed by atoms with van der Waals surface area (Å²) in [7, 11) is -3.58. The van der Waals surface area contributed by atoms with Crippen LogP contribution in [0.3, 0.4) is 0 Å². The van der Waals surface area contributed by atoms with Gasteiger partial charge < -0.3 is 5.32 Å². The first-order valence-corrected chi connectivity index (χ1v) is 10.9. The van der Waals surface area contributed by atoms with Crippen LogP contribution in [0.25, 0.3) is 10.2 Å². The lowest BCUT2D eigenvalue weighted by molar-refractivity contribution is -0.115. The zero-order valence-corrected chi connectivity index (χ0v) is 16.9. The topological polar surface area (TPSA) is 76.1 Å². The Balaban J connectivity index is 1.67. The van der Waals surface area contributed by atoms with Gasteiger partial charge in [0, 0.05) is 16.5 Å². The summed E-state index contributed by atoms with van der Waals surface area (Å²) in [5, 5.41) is 4.22. The Labute approximate surface area is 168 Å². The number of carbonyl (C=O) groups is 1. The van der Waals surface area contributed by atoms with Crippen LogP contribution in [0.15, 0.2) is 41.3 Å². The van der Waals surface area contributed by atoms with Gasteiger partial charge in [-0.25, -0.2) is 13.4 Å². The fourth-order valence-corrected chi connectivity index (χ4v) is 5.15. The van der Waals surface area contributed by atoms with E-state index in [0.29, 0.717) is 25.7 Å². The number of halogens is 3. The third-order valence-corrected chi connectivity index (χ3v) is 6.84. The third-order valence-electron chi connectivity index (χ3n) is 3.43. The molecule has 3 rings (SSSR count). The molecule has 0 aliphatic heterocycles. The van der Waals surface area contributed by atoms with E-state index in [9.17, 15) is 13.2 Å². The van der Waals surface area contributed by atoms with Crippen molar-refractivity contribution in [2.75, 3.05) is 11.1 Å². The molecule has 0 aliphatic carbocycles. The molecule has 0 fully saturated rings. The number of fused-ring (bicyclic) bond motifs is 1. The van der Waals surface area contributed by atoms with Gasteiger partial charge in [0.2, 0.25) is 5.91 Å². The van der Waals surface area contributed by atoms with Crippen LogP contribution in [0.1, 0.15) is 6.42 Å². The van der Waals surface area contributed by atoms with E-state index in [1.807, 2.05) is 0 Å². The number of sulfone groups is 1. The predicted molar refractivity (Wildman–Crippen MR) is 106 cm³/mol. The Bertz CT molecular complexity index is 1080. The number of rotatable bonds is 5. The number of nitrogens with zero attached hydrogens (tertiary/aromatic N) is 1. The smallest absolute Gasteiger partial charge is 0.227 e. The first-order valence-electron chi connectivity index (χ1n) is 7.28. The van der Waals surface area contributed by atoms with E-state index in [0.717, 1.165) is 4.70 Å². The van der Waals surface area contributed by atoms with Crippen molar-refractivity contribution in [3.8, 4) is 0 Å². The second-order valence-electron chi connectivity index (χ2n) is 5.32. The highest BCUT2D eigenvalue weighted by molar-refractivity contribution is 7.91. The molecule has 5 nitrogen and oxygen atoms in total. The van der Waals surface area contributed by atoms with Gasteiger partial charge in [0.15, 0.2) is 15.0 Å². The number of nitrogens with one attached hydrogen (secondary N) is 1. The van der Waals surface area contributed by atoms with E-state index in [-0.39, 0.29) is 17.1 Å². The number of amides is 1. The van der Waals surface area contributed by atoms with Crippen molar-refractivity contribution < 1.29 is 13.2 Å². The minimum Gasteiger partial charge on any atom is -0.302 e. The molecule has 136 valence electrons. The summed E-state index contributed by atoms with van der Waals surface area (Å²) >= 11 is 19.0. The van der Waals surface area contributed by atoms with Crippen molar-refractivity contribution in [1.29, 1.82) is 0 Å². The van der Waals surface area contributed by atoms with Crippen LogP contribution < -0.4 is 5.32 Å². The molecule has 2 aromatic carbocycles. The molecule has 1 amide bonds. The van der Waals surface area contributed by atoms with Gasteiger partial charge in [0.1, 0.15) is 5.52 Å². The summed E-state index contributed by atoms with van der Waals surface area (Å²) < 4.78 is 25.2. The van der Waals surface area contributed by atoms with Crippen LogP contribution >= 0.6 is 46.1 Å². The molecular formula is C16H11Cl3N2O3S2. The maximum atomic E-state index is 12.3. The molecule has 0 aliphatic rings. The Hall–Kier alpha value is -1.38. The van der Waals surface area contributed by atoms with Crippen molar-refractivity contribution in [2.45, 2.75) is 11.3 Å². The molecular weight excluding hydrogens is 439 g/mol. The van der Waals surface area contributed by atoms with Crippen LogP contribution in [0, 0.1) is 0 Å². The lowest BCUT2D eigenvalue weighted by Crippen LogP contribution is -2.17. The van der Waals surface area contributed by atoms with Crippen LogP contribution in [-0.2, 0) is 14.6 Å². The summed E-state index contributed by atoms with van der Waals surface area (Å²) in [4.78, 5) is 16.4. The second kappa shape index (κ2) is 7.70. The minimum absolute atomic E-state index is 0.121. The number of anilines is 1. The van der Waals surface area contributed by atoms with E-state index in [2.05, 4.69) is 10.3 Å². The number of thiazole rings is 1. The van der Waals surface area contributed by atoms with E-state index in [4.69, 9.17) is 34.8 Å². The molecule has 0 bridgehead atoms. The highest BCUT2D eigenvalue weighted by Gasteiger charge is 2.17. The van der Waals surface area contributed by atoms with Gasteiger partial charge >= 0.3 is 0 Å². The molecule has 0 unspecified atom stereocenters. The fourth-order valence-electron chi connectivity index (χ4n) is 2.18. The quantitative estimate of drug-likeness (QED) is 0.591. The Kier molecular flexibility index (Phi) is 5.74. The molecule has 0 radical (unpaired) electrons. The van der Waals surface area contributed by atoms with Gasteiger partial charge in [0.05, 0.1) is 20.4 Å². The highest BCUT2D eigenvalue weighted by Crippen LogP contribution is 2.33. The van der Waals surface area contributed by atoms with Crippen molar-refractivity contribution >= 4 is 77.2 Å². The zero-order chi connectivity index (χ0) is 18.9. The Morgan fingerprint density at radius 1 is 1.08 bits per heavy atom. The largest absolute Gasteiger partial charge is 0.302 e. The zero-order valence-electron chi connectivity index (χ0n) is 13.0. The summed E-state index contributed by atoms with van der Waals surface area (Å²) in [6.45, 7) is 0. The monoisotopic (exact) mass is 448 g/mol. The van der Waals surface area contributed by atoms with Gasteiger partial charge in [-0.2, -0.15) is 0 Å². The van der Waals surface area contributed by atoms with Gasteiger partial charge in [-0.1, -0.05) is 46.1 Å². The second-order valence-corrected chi connectivity index (χ2v) is 9.74. The number of benzene rings is 2. The Morgan fingerprint density at radius 2 is 1.77 bits per heavy atom. The van der Waals surface area contributed by atoms with Crippen LogP contribution in [-0.4, -0.2) is 25.1 Å². The number of hydrogen-bond donors (Lipinski definition) is 1. The van der Waals surface area contributed by atoms with Gasteiger partial charge in [-0.15, -0.1) is 0 Å². The van der Waals surface area contributed by atoms with Crippen molar-refractivity contribution in [3.05, 3.63) is 51.5 Å². The first-order chi connectivity index (χ1) is 12.2. The van der Waals surface area contributed by atoms with Gasteiger partial charge in [0.25, 0.3) is 0 Å². The van der Waals surface area contributed by atoms with E-state index >= 15 is 0 Å². The summed E-state index contributed by atoms with van der Waals surface area (Å²) in [6.07, 6.45) is -0.199. The SMILES string of the molecule is O=C(CCS(=O)(=O)c1ccc(Cl)cc1)Nc1nc2c(Cl)cc(Cl)cc2s1. The molecule has 0 spiro atoms. The fraction of sp³-hybridized carbons (Fsp3) is 0.125. The third kappa shape index (κ3) is 4.47. The molecule has 26 heavy (non-hydrogen) atoms.